The predicted molar refractivity (Wildman–Crippen MR) is 96.6 cm³/mol. The van der Waals surface area contributed by atoms with Gasteiger partial charge in [-0.3, -0.25) is 19.6 Å². The monoisotopic (exact) mass is 359 g/mol. The van der Waals surface area contributed by atoms with Crippen molar-refractivity contribution in [1.29, 1.82) is 0 Å². The van der Waals surface area contributed by atoms with Crippen LogP contribution in [0.2, 0.25) is 0 Å². The molecule has 2 heterocycles. The fourth-order valence-corrected chi connectivity index (χ4v) is 2.93. The Bertz CT molecular complexity index is 811. The Balaban J connectivity index is 1.76. The van der Waals surface area contributed by atoms with Crippen LogP contribution in [-0.4, -0.2) is 47.4 Å². The van der Waals surface area contributed by atoms with E-state index in [0.29, 0.717) is 17.9 Å². The van der Waals surface area contributed by atoms with Gasteiger partial charge in [0.1, 0.15) is 0 Å². The van der Waals surface area contributed by atoms with E-state index in [4.69, 9.17) is 4.74 Å². The van der Waals surface area contributed by atoms with Crippen LogP contribution in [0, 0.1) is 10.1 Å². The number of nitro benzene ring substituents is 1. The number of anilines is 2. The highest BCUT2D eigenvalue weighted by molar-refractivity contribution is 6.08. The smallest absolute Gasteiger partial charge is 0.270 e. The lowest BCUT2D eigenvalue weighted by Gasteiger charge is -2.16. The molecule has 1 amide bonds. The lowest BCUT2D eigenvalue weighted by atomic mass is 10.1. The van der Waals surface area contributed by atoms with Gasteiger partial charge in [0.25, 0.3) is 11.6 Å². The molecular formula is C17H21N5O4. The molecule has 0 bridgehead atoms. The van der Waals surface area contributed by atoms with Crippen LogP contribution in [0.1, 0.15) is 23.2 Å². The van der Waals surface area contributed by atoms with Crippen LogP contribution in [0.4, 0.5) is 17.1 Å². The van der Waals surface area contributed by atoms with Crippen molar-refractivity contribution >= 4 is 23.0 Å². The maximum absolute atomic E-state index is 12.6. The van der Waals surface area contributed by atoms with Crippen LogP contribution in [-0.2, 0) is 11.3 Å². The number of rotatable bonds is 6. The van der Waals surface area contributed by atoms with Gasteiger partial charge in [0.15, 0.2) is 0 Å². The van der Waals surface area contributed by atoms with Crippen LogP contribution in [0.3, 0.4) is 0 Å². The number of nitro groups is 1. The minimum absolute atomic E-state index is 0.130. The number of hydrogen-bond acceptors (Lipinski definition) is 6. The maximum Gasteiger partial charge on any atom is 0.270 e. The molecule has 0 aliphatic carbocycles. The van der Waals surface area contributed by atoms with E-state index in [1.54, 1.807) is 42.1 Å². The van der Waals surface area contributed by atoms with Gasteiger partial charge in [0.2, 0.25) is 0 Å². The molecule has 0 saturated carbocycles. The lowest BCUT2D eigenvalue weighted by Crippen LogP contribution is -2.18. The highest BCUT2D eigenvalue weighted by Crippen LogP contribution is 2.25. The molecule has 1 N–H and O–H groups in total. The lowest BCUT2D eigenvalue weighted by molar-refractivity contribution is -0.384. The number of non-ortho nitro benzene ring substituents is 1. The van der Waals surface area contributed by atoms with Crippen LogP contribution < -0.4 is 10.2 Å². The van der Waals surface area contributed by atoms with Crippen molar-refractivity contribution in [2.45, 2.75) is 25.5 Å². The summed E-state index contributed by atoms with van der Waals surface area (Å²) in [7, 11) is 3.55. The van der Waals surface area contributed by atoms with E-state index >= 15 is 0 Å². The number of nitrogens with zero attached hydrogens (tertiary/aromatic N) is 4. The molecule has 0 unspecified atom stereocenters. The molecule has 1 fully saturated rings. The number of aromatic nitrogens is 2. The summed E-state index contributed by atoms with van der Waals surface area (Å²) in [6.07, 6.45) is 5.48. The van der Waals surface area contributed by atoms with Gasteiger partial charge in [-0.2, -0.15) is 5.10 Å². The number of nitrogens with one attached hydrogen (secondary N) is 1. The van der Waals surface area contributed by atoms with Gasteiger partial charge in [0.05, 0.1) is 35.0 Å². The van der Waals surface area contributed by atoms with E-state index in [0.717, 1.165) is 19.4 Å². The molecule has 1 aromatic carbocycles. The van der Waals surface area contributed by atoms with Crippen molar-refractivity contribution in [3.63, 3.8) is 0 Å². The van der Waals surface area contributed by atoms with Gasteiger partial charge in [-0.1, -0.05) is 0 Å². The fourth-order valence-electron chi connectivity index (χ4n) is 2.93. The molecular weight excluding hydrogens is 338 g/mol. The highest BCUT2D eigenvalue weighted by Gasteiger charge is 2.19. The van der Waals surface area contributed by atoms with Crippen molar-refractivity contribution < 1.29 is 14.5 Å². The Hall–Kier alpha value is -2.94. The standard InChI is InChI=1S/C17H21N5O4/c1-20(2)16-6-5-13(22(24)25)8-15(16)17(23)19-12-9-18-21(10-12)11-14-4-3-7-26-14/h5-6,8-10,14H,3-4,7,11H2,1-2H3,(H,19,23)/t14-/m0/s1. The van der Waals surface area contributed by atoms with Crippen molar-refractivity contribution in [2.24, 2.45) is 0 Å². The molecule has 1 aliphatic rings. The molecule has 9 nitrogen and oxygen atoms in total. The predicted octanol–water partition coefficient (Wildman–Crippen LogP) is 2.29. The molecule has 1 aromatic heterocycles. The Morgan fingerprint density at radius 3 is 2.96 bits per heavy atom. The quantitative estimate of drug-likeness (QED) is 0.627. The molecule has 1 saturated heterocycles. The largest absolute Gasteiger partial charge is 0.377 e. The fraction of sp³-hybridized carbons (Fsp3) is 0.412. The third-order valence-corrected chi connectivity index (χ3v) is 4.22. The summed E-state index contributed by atoms with van der Waals surface area (Å²) in [6, 6.07) is 4.22. The summed E-state index contributed by atoms with van der Waals surface area (Å²) in [5.41, 5.74) is 1.23. The summed E-state index contributed by atoms with van der Waals surface area (Å²) in [4.78, 5) is 24.9. The van der Waals surface area contributed by atoms with Crippen molar-refractivity contribution in [3.05, 3.63) is 46.3 Å². The number of ether oxygens (including phenoxy) is 1. The summed E-state index contributed by atoms with van der Waals surface area (Å²) in [5.74, 6) is -0.422. The maximum atomic E-state index is 12.6. The van der Waals surface area contributed by atoms with Crippen molar-refractivity contribution in [1.82, 2.24) is 9.78 Å². The van der Waals surface area contributed by atoms with Gasteiger partial charge < -0.3 is 15.0 Å². The molecule has 0 spiro atoms. The first kappa shape index (κ1) is 17.9. The van der Waals surface area contributed by atoms with Crippen LogP contribution in [0.15, 0.2) is 30.6 Å². The average molecular weight is 359 g/mol. The number of carbonyl (C=O) groups excluding carboxylic acids is 1. The van der Waals surface area contributed by atoms with Crippen LogP contribution in [0.5, 0.6) is 0 Å². The zero-order chi connectivity index (χ0) is 18.7. The molecule has 138 valence electrons. The number of carbonyl (C=O) groups is 1. The van der Waals surface area contributed by atoms with Gasteiger partial charge in [-0.15, -0.1) is 0 Å². The Morgan fingerprint density at radius 2 is 2.31 bits per heavy atom. The number of hydrogen-bond donors (Lipinski definition) is 1. The molecule has 9 heteroatoms. The molecule has 0 radical (unpaired) electrons. The first-order valence-corrected chi connectivity index (χ1v) is 8.35. The number of amides is 1. The zero-order valence-electron chi connectivity index (χ0n) is 14.7. The second-order valence-corrected chi connectivity index (χ2v) is 6.39. The molecule has 1 aliphatic heterocycles. The summed E-state index contributed by atoms with van der Waals surface area (Å²) in [5, 5.41) is 18.0. The summed E-state index contributed by atoms with van der Waals surface area (Å²) >= 11 is 0. The SMILES string of the molecule is CN(C)c1ccc([N+](=O)[O-])cc1C(=O)Nc1cnn(C[C@@H]2CCCO2)c1. The second kappa shape index (κ2) is 7.52. The van der Waals surface area contributed by atoms with Gasteiger partial charge >= 0.3 is 0 Å². The molecule has 3 rings (SSSR count). The Labute approximate surface area is 150 Å². The van der Waals surface area contributed by atoms with E-state index in [1.807, 2.05) is 0 Å². The van der Waals surface area contributed by atoms with Crippen molar-refractivity contribution in [2.75, 3.05) is 30.9 Å². The van der Waals surface area contributed by atoms with E-state index < -0.39 is 10.8 Å². The summed E-state index contributed by atoms with van der Waals surface area (Å²) in [6.45, 7) is 1.41. The van der Waals surface area contributed by atoms with Crippen molar-refractivity contribution in [3.8, 4) is 0 Å². The third kappa shape index (κ3) is 3.99. The van der Waals surface area contributed by atoms with Gasteiger partial charge in [0, 0.05) is 44.7 Å². The Morgan fingerprint density at radius 1 is 1.50 bits per heavy atom. The highest BCUT2D eigenvalue weighted by atomic mass is 16.6. The summed E-state index contributed by atoms with van der Waals surface area (Å²) < 4.78 is 7.30. The minimum atomic E-state index is -0.518. The van der Waals surface area contributed by atoms with Crippen LogP contribution in [0.25, 0.3) is 0 Å². The van der Waals surface area contributed by atoms with Gasteiger partial charge in [-0.05, 0) is 18.9 Å². The third-order valence-electron chi connectivity index (χ3n) is 4.22. The molecule has 26 heavy (non-hydrogen) atoms. The topological polar surface area (TPSA) is 103 Å². The van der Waals surface area contributed by atoms with Crippen LogP contribution >= 0.6 is 0 Å². The average Bonchev–Trinajstić information content (AvgIpc) is 3.26. The van der Waals surface area contributed by atoms with E-state index in [-0.39, 0.29) is 17.4 Å². The minimum Gasteiger partial charge on any atom is -0.377 e. The normalized spacial score (nSPS) is 16.5. The molecule has 1 atom stereocenters. The Kier molecular flexibility index (Phi) is 5.17. The van der Waals surface area contributed by atoms with Gasteiger partial charge in [-0.25, -0.2) is 0 Å². The zero-order valence-corrected chi connectivity index (χ0v) is 14.7. The first-order valence-electron chi connectivity index (χ1n) is 8.35. The second-order valence-electron chi connectivity index (χ2n) is 6.39. The van der Waals surface area contributed by atoms with E-state index in [1.165, 1.54) is 12.1 Å². The number of benzene rings is 1. The van der Waals surface area contributed by atoms with E-state index in [2.05, 4.69) is 10.4 Å². The first-order chi connectivity index (χ1) is 12.4. The van der Waals surface area contributed by atoms with E-state index in [9.17, 15) is 14.9 Å². The molecule has 2 aromatic rings.